The molecule has 0 aliphatic heterocycles. The van der Waals surface area contributed by atoms with E-state index in [0.29, 0.717) is 0 Å². The van der Waals surface area contributed by atoms with E-state index < -0.39 is 24.2 Å². The number of aromatic nitrogens is 4. The van der Waals surface area contributed by atoms with Gasteiger partial charge in [0.2, 0.25) is 5.78 Å². The number of benzene rings is 1. The van der Waals surface area contributed by atoms with Gasteiger partial charge in [-0.3, -0.25) is 4.79 Å². The maximum Gasteiger partial charge on any atom is 0.378 e. The van der Waals surface area contributed by atoms with E-state index in [-0.39, 0.29) is 17.2 Å². The van der Waals surface area contributed by atoms with Gasteiger partial charge in [0.25, 0.3) is 11.6 Å². The van der Waals surface area contributed by atoms with E-state index in [2.05, 4.69) is 15.1 Å². The van der Waals surface area contributed by atoms with Crippen LogP contribution in [0.15, 0.2) is 30.3 Å². The van der Waals surface area contributed by atoms with Crippen LogP contribution in [0.25, 0.3) is 5.78 Å². The largest absolute Gasteiger partial charge is 0.451 e. The number of Topliss-reactive ketones (excluding diaryl/α,β-unsaturated/α-hetero) is 1. The van der Waals surface area contributed by atoms with Crippen LogP contribution in [0.4, 0.5) is 4.39 Å². The molecule has 0 radical (unpaired) electrons. The van der Waals surface area contributed by atoms with Crippen LogP contribution in [0.5, 0.6) is 0 Å². The molecule has 0 unspecified atom stereocenters. The highest BCUT2D eigenvalue weighted by Crippen LogP contribution is 2.09. The Balaban J connectivity index is 1.75. The fraction of sp³-hybridized carbons (Fsp3) is 0.188. The van der Waals surface area contributed by atoms with Gasteiger partial charge in [-0.05, 0) is 32.0 Å². The summed E-state index contributed by atoms with van der Waals surface area (Å²) in [5, 5.41) is 4.00. The highest BCUT2D eigenvalue weighted by Gasteiger charge is 2.19. The van der Waals surface area contributed by atoms with Crippen molar-refractivity contribution in [2.24, 2.45) is 0 Å². The molecule has 1 aromatic carbocycles. The number of halogens is 1. The molecule has 0 amide bonds. The molecule has 0 saturated heterocycles. The van der Waals surface area contributed by atoms with Crippen LogP contribution in [-0.4, -0.2) is 37.9 Å². The predicted octanol–water partition coefficient (Wildman–Crippen LogP) is 1.92. The van der Waals surface area contributed by atoms with E-state index in [1.807, 2.05) is 0 Å². The third-order valence-corrected chi connectivity index (χ3v) is 3.31. The van der Waals surface area contributed by atoms with Crippen LogP contribution in [0.3, 0.4) is 0 Å². The summed E-state index contributed by atoms with van der Waals surface area (Å²) in [5.41, 5.74) is 1.36. The number of esters is 1. The zero-order valence-electron chi connectivity index (χ0n) is 13.0. The Labute approximate surface area is 136 Å². The van der Waals surface area contributed by atoms with Crippen molar-refractivity contribution in [3.8, 4) is 0 Å². The summed E-state index contributed by atoms with van der Waals surface area (Å²) in [6, 6.07) is 7.27. The van der Waals surface area contributed by atoms with E-state index in [1.165, 1.54) is 22.7 Å². The summed E-state index contributed by atoms with van der Waals surface area (Å²) in [7, 11) is 0. The molecule has 8 heteroatoms. The van der Waals surface area contributed by atoms with E-state index in [4.69, 9.17) is 4.74 Å². The van der Waals surface area contributed by atoms with Gasteiger partial charge in [-0.25, -0.2) is 18.7 Å². The van der Waals surface area contributed by atoms with Crippen molar-refractivity contribution in [3.05, 3.63) is 58.9 Å². The zero-order valence-corrected chi connectivity index (χ0v) is 13.0. The normalized spacial score (nSPS) is 10.8. The molecule has 2 aromatic heterocycles. The fourth-order valence-corrected chi connectivity index (χ4v) is 2.21. The number of aryl methyl sites for hydroxylation is 2. The minimum Gasteiger partial charge on any atom is -0.451 e. The number of nitrogens with zero attached hydrogens (tertiary/aromatic N) is 4. The number of carbonyl (C=O) groups is 2. The van der Waals surface area contributed by atoms with Crippen molar-refractivity contribution in [3.63, 3.8) is 0 Å². The van der Waals surface area contributed by atoms with Crippen LogP contribution in [0.2, 0.25) is 0 Å². The molecule has 0 atom stereocenters. The molecule has 0 spiro atoms. The number of hydrogen-bond acceptors (Lipinski definition) is 6. The maximum atomic E-state index is 13.5. The predicted molar refractivity (Wildman–Crippen MR) is 81.3 cm³/mol. The summed E-state index contributed by atoms with van der Waals surface area (Å²) in [6.45, 7) is 3.00. The van der Waals surface area contributed by atoms with Gasteiger partial charge in [0.1, 0.15) is 5.82 Å². The molecule has 0 aliphatic carbocycles. The van der Waals surface area contributed by atoms with Crippen molar-refractivity contribution in [2.45, 2.75) is 13.8 Å². The lowest BCUT2D eigenvalue weighted by molar-refractivity contribution is 0.0461. The van der Waals surface area contributed by atoms with Gasteiger partial charge in [0.15, 0.2) is 6.61 Å². The lowest BCUT2D eigenvalue weighted by atomic mass is 10.1. The van der Waals surface area contributed by atoms with E-state index >= 15 is 0 Å². The number of ether oxygens (including phenoxy) is 1. The van der Waals surface area contributed by atoms with Crippen molar-refractivity contribution in [1.82, 2.24) is 19.6 Å². The summed E-state index contributed by atoms with van der Waals surface area (Å²) >= 11 is 0. The van der Waals surface area contributed by atoms with E-state index in [9.17, 15) is 14.0 Å². The molecule has 3 aromatic rings. The first-order chi connectivity index (χ1) is 11.5. The van der Waals surface area contributed by atoms with Gasteiger partial charge in [-0.15, -0.1) is 5.10 Å². The second-order valence-electron chi connectivity index (χ2n) is 5.17. The average molecular weight is 328 g/mol. The topological polar surface area (TPSA) is 86.5 Å². The lowest BCUT2D eigenvalue weighted by Crippen LogP contribution is -2.16. The van der Waals surface area contributed by atoms with Crippen LogP contribution in [0.1, 0.15) is 32.4 Å². The van der Waals surface area contributed by atoms with Crippen molar-refractivity contribution >= 4 is 17.5 Å². The molecule has 0 fully saturated rings. The second kappa shape index (κ2) is 6.15. The molecule has 7 nitrogen and oxygen atoms in total. The van der Waals surface area contributed by atoms with Crippen molar-refractivity contribution in [1.29, 1.82) is 0 Å². The number of carbonyl (C=O) groups excluding carboxylic acids is 2. The Morgan fingerprint density at radius 1 is 1.21 bits per heavy atom. The minimum atomic E-state index is -0.873. The highest BCUT2D eigenvalue weighted by atomic mass is 19.1. The van der Waals surface area contributed by atoms with Gasteiger partial charge in [-0.2, -0.15) is 4.98 Å². The molecule has 24 heavy (non-hydrogen) atoms. The quantitative estimate of drug-likeness (QED) is 0.537. The molecule has 0 saturated carbocycles. The monoisotopic (exact) mass is 328 g/mol. The smallest absolute Gasteiger partial charge is 0.378 e. The Bertz CT molecular complexity index is 952. The van der Waals surface area contributed by atoms with Crippen LogP contribution in [0, 0.1) is 19.7 Å². The van der Waals surface area contributed by atoms with Crippen LogP contribution < -0.4 is 0 Å². The first-order valence-electron chi connectivity index (χ1n) is 7.11. The van der Waals surface area contributed by atoms with Crippen LogP contribution in [-0.2, 0) is 4.74 Å². The number of rotatable bonds is 4. The van der Waals surface area contributed by atoms with E-state index in [0.717, 1.165) is 17.5 Å². The second-order valence-corrected chi connectivity index (χ2v) is 5.17. The van der Waals surface area contributed by atoms with Crippen LogP contribution >= 0.6 is 0 Å². The number of hydrogen-bond donors (Lipinski definition) is 0. The van der Waals surface area contributed by atoms with Crippen molar-refractivity contribution < 1.29 is 18.7 Å². The highest BCUT2D eigenvalue weighted by molar-refractivity contribution is 5.99. The lowest BCUT2D eigenvalue weighted by Gasteiger charge is -2.02. The Morgan fingerprint density at radius 2 is 1.96 bits per heavy atom. The average Bonchev–Trinajstić information content (AvgIpc) is 2.97. The molecule has 0 N–H and O–H groups in total. The zero-order chi connectivity index (χ0) is 17.3. The molecule has 0 aliphatic rings. The van der Waals surface area contributed by atoms with Gasteiger partial charge in [0.05, 0.1) is 5.56 Å². The third kappa shape index (κ3) is 2.98. The maximum absolute atomic E-state index is 13.5. The minimum absolute atomic E-state index is 0.138. The van der Waals surface area contributed by atoms with Gasteiger partial charge in [0, 0.05) is 11.4 Å². The first kappa shape index (κ1) is 15.7. The molecular weight excluding hydrogens is 315 g/mol. The standard InChI is InChI=1S/C16H13FN4O3/c1-9-7-10(2)21-16(18-9)19-14(20-21)15(23)24-8-13(22)11-5-3-4-6-12(11)17/h3-7H,8H2,1-2H3. The molecule has 3 rings (SSSR count). The summed E-state index contributed by atoms with van der Waals surface area (Å²) < 4.78 is 19.8. The first-order valence-corrected chi connectivity index (χ1v) is 7.11. The molecular formula is C16H13FN4O3. The number of fused-ring (bicyclic) bond motifs is 1. The number of ketones is 1. The Morgan fingerprint density at radius 3 is 2.71 bits per heavy atom. The molecule has 0 bridgehead atoms. The van der Waals surface area contributed by atoms with Crippen molar-refractivity contribution in [2.75, 3.05) is 6.61 Å². The SMILES string of the molecule is Cc1cc(C)n2nc(C(=O)OCC(=O)c3ccccc3F)nc2n1. The van der Waals surface area contributed by atoms with Gasteiger partial charge < -0.3 is 4.74 Å². The third-order valence-electron chi connectivity index (χ3n) is 3.31. The summed E-state index contributed by atoms with van der Waals surface area (Å²) in [4.78, 5) is 32.0. The Kier molecular flexibility index (Phi) is 4.03. The molecule has 122 valence electrons. The fourth-order valence-electron chi connectivity index (χ4n) is 2.21. The Hall–Kier alpha value is -3.16. The molecule has 2 heterocycles. The summed E-state index contributed by atoms with van der Waals surface area (Å²) in [5.74, 6) is -2.13. The summed E-state index contributed by atoms with van der Waals surface area (Å²) in [6.07, 6.45) is 0. The van der Waals surface area contributed by atoms with Gasteiger partial charge >= 0.3 is 5.97 Å². The van der Waals surface area contributed by atoms with E-state index in [1.54, 1.807) is 19.9 Å². The van der Waals surface area contributed by atoms with Gasteiger partial charge in [-0.1, -0.05) is 12.1 Å².